The van der Waals surface area contributed by atoms with Gasteiger partial charge in [-0.1, -0.05) is 11.6 Å². The third kappa shape index (κ3) is 5.61. The number of anilines is 1. The number of alkyl halides is 3. The highest BCUT2D eigenvalue weighted by Crippen LogP contribution is 2.36. The van der Waals surface area contributed by atoms with Crippen LogP contribution in [0.4, 0.5) is 18.9 Å². The molecule has 0 aromatic heterocycles. The Bertz CT molecular complexity index is 874. The molecule has 0 radical (unpaired) electrons. The molecule has 0 aliphatic carbocycles. The molecule has 2 aromatic rings. The van der Waals surface area contributed by atoms with E-state index in [2.05, 4.69) is 26.0 Å². The summed E-state index contributed by atoms with van der Waals surface area (Å²) in [5.74, 6) is -1.13. The number of carbonyl (C=O) groups is 2. The number of esters is 1. The molecular formula is C17H12BrClF3NO4. The van der Waals surface area contributed by atoms with E-state index in [0.717, 1.165) is 12.1 Å². The number of carbonyl (C=O) groups excluding carboxylic acids is 2. The molecule has 0 bridgehead atoms. The number of methoxy groups -OCH3 is 1. The van der Waals surface area contributed by atoms with E-state index >= 15 is 0 Å². The van der Waals surface area contributed by atoms with E-state index in [4.69, 9.17) is 16.3 Å². The van der Waals surface area contributed by atoms with Gasteiger partial charge in [0.2, 0.25) is 0 Å². The predicted molar refractivity (Wildman–Crippen MR) is 96.1 cm³/mol. The largest absolute Gasteiger partial charge is 0.483 e. The van der Waals surface area contributed by atoms with E-state index in [-0.39, 0.29) is 16.3 Å². The standard InChI is InChI=1S/C17H12BrClF3NO4/c1-26-16(25)9-2-5-14(12(18)6-9)27-8-15(24)23-13-4-3-10(19)7-11(13)17(20,21)22/h2-7H,8H2,1H3,(H,23,24). The summed E-state index contributed by atoms with van der Waals surface area (Å²) in [5, 5.41) is 2.04. The molecule has 10 heteroatoms. The topological polar surface area (TPSA) is 64.6 Å². The zero-order valence-electron chi connectivity index (χ0n) is 13.7. The molecule has 0 unspecified atom stereocenters. The molecule has 1 N–H and O–H groups in total. The number of hydrogen-bond acceptors (Lipinski definition) is 4. The van der Waals surface area contributed by atoms with E-state index in [9.17, 15) is 22.8 Å². The van der Waals surface area contributed by atoms with Gasteiger partial charge in [-0.2, -0.15) is 13.2 Å². The van der Waals surface area contributed by atoms with Gasteiger partial charge in [-0.15, -0.1) is 0 Å². The van der Waals surface area contributed by atoms with Crippen molar-refractivity contribution < 1.29 is 32.2 Å². The first-order valence-electron chi connectivity index (χ1n) is 7.29. The molecule has 0 aliphatic heterocycles. The van der Waals surface area contributed by atoms with Crippen LogP contribution in [0.3, 0.4) is 0 Å². The van der Waals surface area contributed by atoms with Crippen LogP contribution in [0.2, 0.25) is 5.02 Å². The lowest BCUT2D eigenvalue weighted by Gasteiger charge is -2.14. The van der Waals surface area contributed by atoms with Crippen molar-refractivity contribution in [2.45, 2.75) is 6.18 Å². The molecule has 1 amide bonds. The van der Waals surface area contributed by atoms with Crippen LogP contribution in [0.5, 0.6) is 5.75 Å². The zero-order chi connectivity index (χ0) is 20.2. The Morgan fingerprint density at radius 3 is 2.48 bits per heavy atom. The van der Waals surface area contributed by atoms with Crippen molar-refractivity contribution in [3.05, 3.63) is 57.0 Å². The van der Waals surface area contributed by atoms with Gasteiger partial charge < -0.3 is 14.8 Å². The van der Waals surface area contributed by atoms with Gasteiger partial charge in [0, 0.05) is 5.02 Å². The van der Waals surface area contributed by atoms with Crippen LogP contribution in [0, 0.1) is 0 Å². The molecule has 0 atom stereocenters. The third-order valence-corrected chi connectivity index (χ3v) is 4.13. The normalized spacial score (nSPS) is 11.0. The van der Waals surface area contributed by atoms with Gasteiger partial charge in [-0.25, -0.2) is 4.79 Å². The first-order chi connectivity index (χ1) is 12.6. The van der Waals surface area contributed by atoms with Crippen molar-refractivity contribution in [3.8, 4) is 5.75 Å². The number of hydrogen-bond donors (Lipinski definition) is 1. The smallest absolute Gasteiger partial charge is 0.418 e. The van der Waals surface area contributed by atoms with E-state index in [1.807, 2.05) is 0 Å². The van der Waals surface area contributed by atoms with Crippen molar-refractivity contribution in [3.63, 3.8) is 0 Å². The highest BCUT2D eigenvalue weighted by Gasteiger charge is 2.34. The molecule has 5 nitrogen and oxygen atoms in total. The maximum atomic E-state index is 13.0. The number of rotatable bonds is 5. The van der Waals surface area contributed by atoms with Crippen LogP contribution in [0.25, 0.3) is 0 Å². The maximum Gasteiger partial charge on any atom is 0.418 e. The molecular weight excluding hydrogens is 455 g/mol. The lowest BCUT2D eigenvalue weighted by Crippen LogP contribution is -2.22. The molecule has 0 saturated carbocycles. The minimum Gasteiger partial charge on any atom is -0.483 e. The van der Waals surface area contributed by atoms with Crippen LogP contribution in [-0.2, 0) is 15.7 Å². The second-order valence-corrected chi connectivity index (χ2v) is 6.45. The average Bonchev–Trinajstić information content (AvgIpc) is 2.60. The Hall–Kier alpha value is -2.26. The van der Waals surface area contributed by atoms with E-state index in [0.29, 0.717) is 4.47 Å². The van der Waals surface area contributed by atoms with Gasteiger partial charge in [-0.3, -0.25) is 4.79 Å². The highest BCUT2D eigenvalue weighted by atomic mass is 79.9. The lowest BCUT2D eigenvalue weighted by atomic mass is 10.1. The summed E-state index contributed by atoms with van der Waals surface area (Å²) in [7, 11) is 1.23. The summed E-state index contributed by atoms with van der Waals surface area (Å²) >= 11 is 8.77. The van der Waals surface area contributed by atoms with Crippen molar-refractivity contribution in [2.24, 2.45) is 0 Å². The second kappa shape index (κ2) is 8.62. The fourth-order valence-corrected chi connectivity index (χ4v) is 2.72. The maximum absolute atomic E-state index is 13.0. The minimum atomic E-state index is -4.68. The predicted octanol–water partition coefficient (Wildman–Crippen LogP) is 4.93. The molecule has 27 heavy (non-hydrogen) atoms. The van der Waals surface area contributed by atoms with E-state index < -0.39 is 35.9 Å². The minimum absolute atomic E-state index is 0.105. The van der Waals surface area contributed by atoms with Crippen LogP contribution in [0.1, 0.15) is 15.9 Å². The average molecular weight is 467 g/mol. The number of benzene rings is 2. The van der Waals surface area contributed by atoms with Gasteiger partial charge in [0.25, 0.3) is 5.91 Å². The Kier molecular flexibility index (Phi) is 6.72. The van der Waals surface area contributed by atoms with Gasteiger partial charge in [-0.05, 0) is 52.3 Å². The quantitative estimate of drug-likeness (QED) is 0.635. The van der Waals surface area contributed by atoms with Crippen LogP contribution >= 0.6 is 27.5 Å². The second-order valence-electron chi connectivity index (χ2n) is 5.16. The fourth-order valence-electron chi connectivity index (χ4n) is 2.05. The van der Waals surface area contributed by atoms with Gasteiger partial charge in [0.05, 0.1) is 28.4 Å². The summed E-state index contributed by atoms with van der Waals surface area (Å²) in [4.78, 5) is 23.4. The van der Waals surface area contributed by atoms with Crippen molar-refractivity contribution in [1.29, 1.82) is 0 Å². The monoisotopic (exact) mass is 465 g/mol. The number of amides is 1. The van der Waals surface area contributed by atoms with Gasteiger partial charge in [0.1, 0.15) is 5.75 Å². The first-order valence-corrected chi connectivity index (χ1v) is 8.46. The Labute approximate surface area is 165 Å². The zero-order valence-corrected chi connectivity index (χ0v) is 16.0. The van der Waals surface area contributed by atoms with Crippen molar-refractivity contribution in [2.75, 3.05) is 19.0 Å². The molecule has 144 valence electrons. The van der Waals surface area contributed by atoms with Gasteiger partial charge >= 0.3 is 12.1 Å². The van der Waals surface area contributed by atoms with Crippen molar-refractivity contribution >= 4 is 45.1 Å². The van der Waals surface area contributed by atoms with Crippen LogP contribution in [0.15, 0.2) is 40.9 Å². The van der Waals surface area contributed by atoms with Crippen LogP contribution < -0.4 is 10.1 Å². The molecule has 2 aromatic carbocycles. The molecule has 0 spiro atoms. The molecule has 0 fully saturated rings. The van der Waals surface area contributed by atoms with E-state index in [1.54, 1.807) is 0 Å². The highest BCUT2D eigenvalue weighted by molar-refractivity contribution is 9.10. The summed E-state index contributed by atoms with van der Waals surface area (Å²) in [6, 6.07) is 7.29. The van der Waals surface area contributed by atoms with Gasteiger partial charge in [0.15, 0.2) is 6.61 Å². The third-order valence-electron chi connectivity index (χ3n) is 3.27. The number of ether oxygens (including phenoxy) is 2. The summed E-state index contributed by atoms with van der Waals surface area (Å²) in [6.07, 6.45) is -4.68. The Morgan fingerprint density at radius 2 is 1.89 bits per heavy atom. The summed E-state index contributed by atoms with van der Waals surface area (Å²) in [5.41, 5.74) is -1.23. The molecule has 0 aliphatic rings. The molecule has 0 saturated heterocycles. The first kappa shape index (κ1) is 21.0. The molecule has 2 rings (SSSR count). The SMILES string of the molecule is COC(=O)c1ccc(OCC(=O)Nc2ccc(Cl)cc2C(F)(F)F)c(Br)c1. The number of nitrogens with one attached hydrogen (secondary N) is 1. The summed E-state index contributed by atoms with van der Waals surface area (Å²) < 4.78 is 49.3. The van der Waals surface area contributed by atoms with Crippen LogP contribution in [-0.4, -0.2) is 25.6 Å². The van der Waals surface area contributed by atoms with Crippen molar-refractivity contribution in [1.82, 2.24) is 0 Å². The fraction of sp³-hybridized carbons (Fsp3) is 0.176. The summed E-state index contributed by atoms with van der Waals surface area (Å²) in [6.45, 7) is -0.546. The Morgan fingerprint density at radius 1 is 1.19 bits per heavy atom. The number of halogens is 5. The van der Waals surface area contributed by atoms with E-state index in [1.165, 1.54) is 31.4 Å². The molecule has 0 heterocycles. The Balaban J connectivity index is 2.07. The lowest BCUT2D eigenvalue weighted by molar-refractivity contribution is -0.137.